The fourth-order valence-electron chi connectivity index (χ4n) is 2.24. The van der Waals surface area contributed by atoms with Crippen molar-refractivity contribution in [3.05, 3.63) is 23.8 Å². The third-order valence-electron chi connectivity index (χ3n) is 2.79. The van der Waals surface area contributed by atoms with Gasteiger partial charge in [0.05, 0.1) is 0 Å². The number of benzene rings is 1. The average molecular weight is 221 g/mol. The highest BCUT2D eigenvalue weighted by Gasteiger charge is 2.24. The van der Waals surface area contributed by atoms with Crippen LogP contribution in [0.1, 0.15) is 38.7 Å². The minimum atomic E-state index is -0.165. The molecule has 1 aliphatic rings. The van der Waals surface area contributed by atoms with Crippen molar-refractivity contribution in [2.75, 3.05) is 6.79 Å². The second-order valence-electron chi connectivity index (χ2n) is 5.17. The third-order valence-corrected chi connectivity index (χ3v) is 2.79. The smallest absolute Gasteiger partial charge is 0.231 e. The summed E-state index contributed by atoms with van der Waals surface area (Å²) in [6.45, 7) is 6.59. The predicted octanol–water partition coefficient (Wildman–Crippen LogP) is 2.65. The number of rotatable bonds is 3. The first kappa shape index (κ1) is 11.3. The van der Waals surface area contributed by atoms with Gasteiger partial charge in [-0.2, -0.15) is 0 Å². The van der Waals surface area contributed by atoms with Crippen LogP contribution in [-0.4, -0.2) is 12.3 Å². The van der Waals surface area contributed by atoms with Crippen molar-refractivity contribution < 1.29 is 9.47 Å². The van der Waals surface area contributed by atoms with Crippen molar-refractivity contribution in [3.63, 3.8) is 0 Å². The van der Waals surface area contributed by atoms with Crippen LogP contribution in [-0.2, 0) is 0 Å². The molecule has 1 aliphatic heterocycles. The summed E-state index contributed by atoms with van der Waals surface area (Å²) in [6, 6.07) is 6.03. The van der Waals surface area contributed by atoms with Crippen LogP contribution < -0.4 is 15.2 Å². The first-order valence-corrected chi connectivity index (χ1v) is 5.65. The maximum atomic E-state index is 6.05. The molecule has 0 amide bonds. The molecule has 16 heavy (non-hydrogen) atoms. The van der Waals surface area contributed by atoms with Gasteiger partial charge in [-0.15, -0.1) is 0 Å². The van der Waals surface area contributed by atoms with Gasteiger partial charge in [0.15, 0.2) is 11.5 Å². The standard InChI is InChI=1S/C13H19NO2/c1-9(7-13(2,3)14)10-5-4-6-11-12(10)16-8-15-11/h4-6,9H,7-8,14H2,1-3H3. The van der Waals surface area contributed by atoms with Crippen molar-refractivity contribution in [3.8, 4) is 11.5 Å². The SMILES string of the molecule is CC(CC(C)(C)N)c1cccc2c1OCO2. The quantitative estimate of drug-likeness (QED) is 0.853. The summed E-state index contributed by atoms with van der Waals surface area (Å²) < 4.78 is 10.9. The second-order valence-corrected chi connectivity index (χ2v) is 5.17. The van der Waals surface area contributed by atoms with E-state index < -0.39 is 0 Å². The molecular weight excluding hydrogens is 202 g/mol. The molecular formula is C13H19NO2. The summed E-state index contributed by atoms with van der Waals surface area (Å²) in [4.78, 5) is 0. The zero-order valence-electron chi connectivity index (χ0n) is 10.1. The zero-order chi connectivity index (χ0) is 11.8. The van der Waals surface area contributed by atoms with Crippen LogP contribution in [0, 0.1) is 0 Å². The van der Waals surface area contributed by atoms with Gasteiger partial charge in [0.1, 0.15) is 0 Å². The number of para-hydroxylation sites is 1. The van der Waals surface area contributed by atoms with Crippen molar-refractivity contribution in [1.29, 1.82) is 0 Å². The van der Waals surface area contributed by atoms with Gasteiger partial charge in [-0.05, 0) is 32.3 Å². The molecule has 3 heteroatoms. The second kappa shape index (κ2) is 3.98. The van der Waals surface area contributed by atoms with Crippen LogP contribution in [0.3, 0.4) is 0 Å². The van der Waals surface area contributed by atoms with Gasteiger partial charge in [0.2, 0.25) is 6.79 Å². The fraction of sp³-hybridized carbons (Fsp3) is 0.538. The van der Waals surface area contributed by atoms with Crippen LogP contribution in [0.4, 0.5) is 0 Å². The Hall–Kier alpha value is -1.22. The highest BCUT2D eigenvalue weighted by molar-refractivity contribution is 5.49. The van der Waals surface area contributed by atoms with E-state index in [-0.39, 0.29) is 5.54 Å². The molecule has 0 radical (unpaired) electrons. The zero-order valence-corrected chi connectivity index (χ0v) is 10.1. The van der Waals surface area contributed by atoms with E-state index in [1.807, 2.05) is 26.0 Å². The normalized spacial score (nSPS) is 16.2. The van der Waals surface area contributed by atoms with Gasteiger partial charge < -0.3 is 15.2 Å². The van der Waals surface area contributed by atoms with Gasteiger partial charge in [-0.1, -0.05) is 19.1 Å². The Morgan fingerprint density at radius 3 is 2.81 bits per heavy atom. The largest absolute Gasteiger partial charge is 0.454 e. The Bertz CT molecular complexity index is 382. The lowest BCUT2D eigenvalue weighted by atomic mass is 9.87. The molecule has 88 valence electrons. The Balaban J connectivity index is 2.24. The molecule has 0 spiro atoms. The van der Waals surface area contributed by atoms with Crippen molar-refractivity contribution >= 4 is 0 Å². The molecule has 0 saturated carbocycles. The minimum Gasteiger partial charge on any atom is -0.454 e. The van der Waals surface area contributed by atoms with E-state index in [0.717, 1.165) is 17.9 Å². The van der Waals surface area contributed by atoms with Crippen LogP contribution in [0.15, 0.2) is 18.2 Å². The first-order chi connectivity index (χ1) is 7.47. The number of hydrogen-bond donors (Lipinski definition) is 1. The molecule has 1 atom stereocenters. The molecule has 1 heterocycles. The van der Waals surface area contributed by atoms with Crippen molar-refractivity contribution in [2.24, 2.45) is 5.73 Å². The molecule has 2 N–H and O–H groups in total. The maximum absolute atomic E-state index is 6.05. The average Bonchev–Trinajstić information content (AvgIpc) is 2.61. The lowest BCUT2D eigenvalue weighted by molar-refractivity contribution is 0.173. The van der Waals surface area contributed by atoms with E-state index >= 15 is 0 Å². The number of hydrogen-bond acceptors (Lipinski definition) is 3. The maximum Gasteiger partial charge on any atom is 0.231 e. The third kappa shape index (κ3) is 2.30. The monoisotopic (exact) mass is 221 g/mol. The summed E-state index contributed by atoms with van der Waals surface area (Å²) in [6.07, 6.45) is 0.923. The van der Waals surface area contributed by atoms with Crippen LogP contribution in [0.2, 0.25) is 0 Å². The Kier molecular flexibility index (Phi) is 2.80. The Morgan fingerprint density at radius 2 is 2.12 bits per heavy atom. The molecule has 2 rings (SSSR count). The van der Waals surface area contributed by atoms with Crippen molar-refractivity contribution in [1.82, 2.24) is 0 Å². The van der Waals surface area contributed by atoms with Gasteiger partial charge in [-0.3, -0.25) is 0 Å². The van der Waals surface area contributed by atoms with Crippen LogP contribution in [0.5, 0.6) is 11.5 Å². The van der Waals surface area contributed by atoms with Crippen LogP contribution >= 0.6 is 0 Å². The van der Waals surface area contributed by atoms with E-state index in [1.165, 1.54) is 5.56 Å². The Labute approximate surface area is 96.5 Å². The van der Waals surface area contributed by atoms with E-state index in [4.69, 9.17) is 15.2 Å². The van der Waals surface area contributed by atoms with Gasteiger partial charge in [0.25, 0.3) is 0 Å². The molecule has 0 saturated heterocycles. The summed E-state index contributed by atoms with van der Waals surface area (Å²) in [7, 11) is 0. The molecule has 0 bridgehead atoms. The lowest BCUT2D eigenvalue weighted by Gasteiger charge is -2.24. The number of nitrogens with two attached hydrogens (primary N) is 1. The van der Waals surface area contributed by atoms with E-state index in [1.54, 1.807) is 0 Å². The van der Waals surface area contributed by atoms with Crippen LogP contribution in [0.25, 0.3) is 0 Å². The molecule has 0 fully saturated rings. The lowest BCUT2D eigenvalue weighted by Crippen LogP contribution is -2.33. The molecule has 1 aromatic carbocycles. The topological polar surface area (TPSA) is 44.5 Å². The van der Waals surface area contributed by atoms with Gasteiger partial charge >= 0.3 is 0 Å². The highest BCUT2D eigenvalue weighted by atomic mass is 16.7. The van der Waals surface area contributed by atoms with Gasteiger partial charge in [-0.25, -0.2) is 0 Å². The molecule has 1 unspecified atom stereocenters. The summed E-state index contributed by atoms with van der Waals surface area (Å²) in [5, 5.41) is 0. The summed E-state index contributed by atoms with van der Waals surface area (Å²) in [5.41, 5.74) is 7.07. The predicted molar refractivity (Wildman–Crippen MR) is 63.9 cm³/mol. The number of fused-ring (bicyclic) bond motifs is 1. The van der Waals surface area contributed by atoms with E-state index in [9.17, 15) is 0 Å². The molecule has 1 aromatic rings. The molecule has 0 aromatic heterocycles. The number of ether oxygens (including phenoxy) is 2. The minimum absolute atomic E-state index is 0.165. The van der Waals surface area contributed by atoms with Gasteiger partial charge in [0, 0.05) is 11.1 Å². The van der Waals surface area contributed by atoms with Crippen molar-refractivity contribution in [2.45, 2.75) is 38.6 Å². The highest BCUT2D eigenvalue weighted by Crippen LogP contribution is 2.40. The first-order valence-electron chi connectivity index (χ1n) is 5.65. The Morgan fingerprint density at radius 1 is 1.38 bits per heavy atom. The fourth-order valence-corrected chi connectivity index (χ4v) is 2.24. The van der Waals surface area contributed by atoms with E-state index in [0.29, 0.717) is 12.7 Å². The molecule has 3 nitrogen and oxygen atoms in total. The summed E-state index contributed by atoms with van der Waals surface area (Å²) in [5.74, 6) is 2.11. The summed E-state index contributed by atoms with van der Waals surface area (Å²) >= 11 is 0. The molecule has 0 aliphatic carbocycles. The van der Waals surface area contributed by atoms with E-state index in [2.05, 4.69) is 13.0 Å².